The van der Waals surface area contributed by atoms with E-state index >= 15 is 0 Å². The van der Waals surface area contributed by atoms with Crippen molar-refractivity contribution in [3.63, 3.8) is 0 Å². The third-order valence-corrected chi connectivity index (χ3v) is 14.3. The Morgan fingerprint density at radius 1 is 0.559 bits per heavy atom. The highest BCUT2D eigenvalue weighted by molar-refractivity contribution is 8.34. The van der Waals surface area contributed by atoms with E-state index in [9.17, 15) is 9.59 Å². The third-order valence-electron chi connectivity index (χ3n) is 4.23. The van der Waals surface area contributed by atoms with Crippen LogP contribution >= 0.6 is 94.1 Å². The van der Waals surface area contributed by atoms with Crippen molar-refractivity contribution < 1.29 is 19.1 Å². The molecule has 174 valence electrons. The number of carbonyl (C=O) groups excluding carboxylic acids is 2. The first-order valence-electron chi connectivity index (χ1n) is 9.62. The van der Waals surface area contributed by atoms with Gasteiger partial charge in [-0.05, 0) is 56.7 Å². The lowest BCUT2D eigenvalue weighted by Crippen LogP contribution is -2.09. The SMILES string of the molecule is O=C(OCC1=CSC(=C2SC=CS2)S1)c1ccc(C(=O)OCC2=CSC(=C3SC=CS3)S2)cc1. The molecule has 0 fully saturated rings. The first-order valence-corrected chi connectivity index (χ1v) is 16.5. The maximum atomic E-state index is 12.4. The monoisotopic (exact) mass is 598 g/mol. The van der Waals surface area contributed by atoms with E-state index in [4.69, 9.17) is 9.47 Å². The van der Waals surface area contributed by atoms with Crippen molar-refractivity contribution in [2.24, 2.45) is 0 Å². The molecule has 0 aliphatic carbocycles. The molecule has 0 saturated carbocycles. The molecule has 34 heavy (non-hydrogen) atoms. The van der Waals surface area contributed by atoms with Gasteiger partial charge in [-0.3, -0.25) is 0 Å². The molecule has 0 amide bonds. The molecule has 0 aromatic heterocycles. The van der Waals surface area contributed by atoms with Crippen LogP contribution in [-0.4, -0.2) is 25.2 Å². The summed E-state index contributed by atoms with van der Waals surface area (Å²) in [5.41, 5.74) is 0.804. The number of esters is 2. The zero-order valence-corrected chi connectivity index (χ0v) is 23.6. The standard InChI is InChI=1S/C22H14O4S8/c23-17(25-9-15-11-31-21(33-15)19-27-5-6-28-19)13-1-2-14(4-3-13)18(24)26-10-16-12-32-22(34-16)20-29-7-8-30-20/h1-8,11-12H,9-10H2. The fourth-order valence-corrected chi connectivity index (χ4v) is 11.5. The number of hydrogen-bond donors (Lipinski definition) is 0. The average molecular weight is 599 g/mol. The van der Waals surface area contributed by atoms with Gasteiger partial charge in [0.15, 0.2) is 0 Å². The Balaban J connectivity index is 1.07. The summed E-state index contributed by atoms with van der Waals surface area (Å²) in [7, 11) is 0. The predicted octanol–water partition coefficient (Wildman–Crippen LogP) is 8.80. The Morgan fingerprint density at radius 2 is 0.941 bits per heavy atom. The summed E-state index contributed by atoms with van der Waals surface area (Å²) in [6, 6.07) is 6.38. The van der Waals surface area contributed by atoms with Gasteiger partial charge in [0.25, 0.3) is 0 Å². The van der Waals surface area contributed by atoms with Crippen molar-refractivity contribution >= 4 is 106 Å². The van der Waals surface area contributed by atoms with E-state index in [1.54, 1.807) is 118 Å². The average Bonchev–Trinajstić information content (AvgIpc) is 3.68. The van der Waals surface area contributed by atoms with E-state index in [1.807, 2.05) is 10.8 Å². The molecule has 5 rings (SSSR count). The Morgan fingerprint density at radius 3 is 1.32 bits per heavy atom. The van der Waals surface area contributed by atoms with Gasteiger partial charge in [-0.15, -0.1) is 0 Å². The van der Waals surface area contributed by atoms with Crippen molar-refractivity contribution in [1.82, 2.24) is 0 Å². The zero-order chi connectivity index (χ0) is 23.3. The minimum Gasteiger partial charge on any atom is -0.457 e. The van der Waals surface area contributed by atoms with Crippen molar-refractivity contribution in [3.8, 4) is 0 Å². The molecule has 0 N–H and O–H groups in total. The number of carbonyl (C=O) groups is 2. The quantitative estimate of drug-likeness (QED) is 0.294. The van der Waals surface area contributed by atoms with Crippen molar-refractivity contribution in [2.75, 3.05) is 13.2 Å². The summed E-state index contributed by atoms with van der Waals surface area (Å²) >= 11 is 13.5. The molecule has 4 nitrogen and oxygen atoms in total. The third kappa shape index (κ3) is 6.39. The number of hydrogen-bond acceptors (Lipinski definition) is 12. The summed E-state index contributed by atoms with van der Waals surface area (Å²) in [4.78, 5) is 26.9. The second kappa shape index (κ2) is 12.1. The van der Waals surface area contributed by atoms with Crippen LogP contribution in [0.15, 0.2) is 83.5 Å². The predicted molar refractivity (Wildman–Crippen MR) is 156 cm³/mol. The molecule has 12 heteroatoms. The van der Waals surface area contributed by atoms with Gasteiger partial charge in [-0.1, -0.05) is 94.1 Å². The van der Waals surface area contributed by atoms with Crippen LogP contribution < -0.4 is 0 Å². The molecule has 4 heterocycles. The molecule has 0 spiro atoms. The molecule has 1 aromatic rings. The second-order valence-electron chi connectivity index (χ2n) is 6.50. The van der Waals surface area contributed by atoms with E-state index in [-0.39, 0.29) is 13.2 Å². The maximum absolute atomic E-state index is 12.4. The summed E-state index contributed by atoms with van der Waals surface area (Å²) in [6.45, 7) is 0.464. The summed E-state index contributed by atoms with van der Waals surface area (Å²) in [5, 5.41) is 12.3. The Labute approximate surface area is 231 Å². The lowest BCUT2D eigenvalue weighted by atomic mass is 10.1. The Kier molecular flexibility index (Phi) is 8.91. The Bertz CT molecular complexity index is 1080. The van der Waals surface area contributed by atoms with Crippen LogP contribution in [0.4, 0.5) is 0 Å². The van der Waals surface area contributed by atoms with Gasteiger partial charge >= 0.3 is 11.9 Å². The largest absolute Gasteiger partial charge is 0.457 e. The van der Waals surface area contributed by atoms with Crippen LogP contribution in [0.2, 0.25) is 0 Å². The van der Waals surface area contributed by atoms with Gasteiger partial charge in [0.05, 0.1) is 28.1 Å². The highest BCUT2D eigenvalue weighted by Crippen LogP contribution is 2.54. The van der Waals surface area contributed by atoms with Crippen LogP contribution in [0.1, 0.15) is 20.7 Å². The normalized spacial score (nSPS) is 19.2. The van der Waals surface area contributed by atoms with Gasteiger partial charge in [-0.25, -0.2) is 9.59 Å². The van der Waals surface area contributed by atoms with E-state index in [0.717, 1.165) is 9.81 Å². The van der Waals surface area contributed by atoms with Gasteiger partial charge in [0.1, 0.15) is 13.2 Å². The van der Waals surface area contributed by atoms with Crippen LogP contribution in [0.3, 0.4) is 0 Å². The summed E-state index contributed by atoms with van der Waals surface area (Å²) in [6.07, 6.45) is 0. The van der Waals surface area contributed by atoms with E-state index < -0.39 is 11.9 Å². The van der Waals surface area contributed by atoms with Crippen LogP contribution in [0.5, 0.6) is 0 Å². The molecule has 0 unspecified atom stereocenters. The van der Waals surface area contributed by atoms with Crippen LogP contribution in [0, 0.1) is 0 Å². The van der Waals surface area contributed by atoms with Crippen molar-refractivity contribution in [3.05, 3.63) is 94.6 Å². The number of benzene rings is 1. The summed E-state index contributed by atoms with van der Waals surface area (Å²) < 4.78 is 15.9. The molecule has 1 aromatic carbocycles. The highest BCUT2D eigenvalue weighted by atomic mass is 32.2. The van der Waals surface area contributed by atoms with Crippen LogP contribution in [-0.2, 0) is 9.47 Å². The van der Waals surface area contributed by atoms with Crippen molar-refractivity contribution in [1.29, 1.82) is 0 Å². The minimum absolute atomic E-state index is 0.232. The molecule has 0 saturated heterocycles. The first-order chi connectivity index (χ1) is 16.7. The molecular weight excluding hydrogens is 585 g/mol. The Hall–Kier alpha value is -0.600. The topological polar surface area (TPSA) is 52.6 Å². The van der Waals surface area contributed by atoms with Crippen molar-refractivity contribution in [2.45, 2.75) is 0 Å². The maximum Gasteiger partial charge on any atom is 0.338 e. The smallest absolute Gasteiger partial charge is 0.338 e. The van der Waals surface area contributed by atoms with Crippen LogP contribution in [0.25, 0.3) is 0 Å². The lowest BCUT2D eigenvalue weighted by Gasteiger charge is -2.07. The fourth-order valence-electron chi connectivity index (χ4n) is 2.67. The molecular formula is C22H14O4S8. The minimum atomic E-state index is -0.416. The molecule has 4 aliphatic heterocycles. The second-order valence-corrected chi connectivity index (χ2v) is 15.2. The van der Waals surface area contributed by atoms with E-state index in [0.29, 0.717) is 11.1 Å². The lowest BCUT2D eigenvalue weighted by molar-refractivity contribution is 0.0532. The van der Waals surface area contributed by atoms with Gasteiger partial charge in [-0.2, -0.15) is 0 Å². The van der Waals surface area contributed by atoms with Gasteiger partial charge in [0.2, 0.25) is 0 Å². The molecule has 0 atom stereocenters. The molecule has 0 bridgehead atoms. The highest BCUT2D eigenvalue weighted by Gasteiger charge is 2.21. The van der Waals surface area contributed by atoms with E-state index in [1.165, 1.54) is 16.9 Å². The number of thioether (sulfide) groups is 8. The fraction of sp³-hybridized carbons (Fsp3) is 0.0909. The number of rotatable bonds is 6. The van der Waals surface area contributed by atoms with Gasteiger partial charge in [0, 0.05) is 9.81 Å². The first kappa shape index (κ1) is 25.1. The molecule has 4 aliphatic rings. The number of ether oxygens (including phenoxy) is 2. The molecule has 0 radical (unpaired) electrons. The summed E-state index contributed by atoms with van der Waals surface area (Å²) in [5.74, 6) is -0.831. The zero-order valence-electron chi connectivity index (χ0n) is 17.1. The van der Waals surface area contributed by atoms with E-state index in [2.05, 4.69) is 21.6 Å². The van der Waals surface area contributed by atoms with Gasteiger partial charge < -0.3 is 9.47 Å².